The van der Waals surface area contributed by atoms with E-state index in [1.807, 2.05) is 19.4 Å². The van der Waals surface area contributed by atoms with Gasteiger partial charge >= 0.3 is 0 Å². The Balaban J connectivity index is 1.27. The van der Waals surface area contributed by atoms with Gasteiger partial charge in [0.05, 0.1) is 24.0 Å². The molecule has 1 spiro atoms. The lowest BCUT2D eigenvalue weighted by Gasteiger charge is -2.25. The number of aryl methyl sites for hydroxylation is 1. The average Bonchev–Trinajstić information content (AvgIpc) is 3.37. The van der Waals surface area contributed by atoms with Crippen LogP contribution in [0.15, 0.2) is 35.6 Å². The zero-order valence-electron chi connectivity index (χ0n) is 14.9. The molecule has 1 aromatic heterocycles. The number of aromatic nitrogens is 2. The van der Waals surface area contributed by atoms with Crippen molar-refractivity contribution in [2.24, 2.45) is 10.4 Å². The Morgan fingerprint density at radius 2 is 2.28 bits per heavy atom. The van der Waals surface area contributed by atoms with Gasteiger partial charge in [-0.1, -0.05) is 12.1 Å². The summed E-state index contributed by atoms with van der Waals surface area (Å²) >= 11 is 0. The van der Waals surface area contributed by atoms with Crippen LogP contribution in [-0.2, 0) is 11.3 Å². The Morgan fingerprint density at radius 1 is 1.36 bits per heavy atom. The number of imidazole rings is 1. The van der Waals surface area contributed by atoms with Crippen molar-refractivity contribution in [1.82, 2.24) is 19.8 Å². The first-order chi connectivity index (χ1) is 12.3. The molecule has 0 bridgehead atoms. The van der Waals surface area contributed by atoms with Gasteiger partial charge in [-0.05, 0) is 31.4 Å². The number of nitrogens with zero attached hydrogens (tertiary/aromatic N) is 4. The van der Waals surface area contributed by atoms with Crippen LogP contribution in [0.4, 0.5) is 0 Å². The standard InChI is InChI=1S/C19H27N5O/c1-20-18(23-11-7-19(13-23)8-12-25-14-19)21-9-4-10-24-15-22-16-5-2-3-6-17(16)24/h2-3,5-6,15H,4,7-14H2,1H3,(H,20,21). The molecule has 4 rings (SSSR count). The van der Waals surface area contributed by atoms with E-state index in [0.717, 1.165) is 57.3 Å². The van der Waals surface area contributed by atoms with E-state index in [2.05, 4.69) is 43.0 Å². The molecule has 0 amide bonds. The second-order valence-electron chi connectivity index (χ2n) is 7.23. The van der Waals surface area contributed by atoms with E-state index in [9.17, 15) is 0 Å². The minimum absolute atomic E-state index is 0.368. The third-order valence-electron chi connectivity index (χ3n) is 5.52. The zero-order valence-corrected chi connectivity index (χ0v) is 14.9. The summed E-state index contributed by atoms with van der Waals surface area (Å²) in [4.78, 5) is 11.3. The molecule has 1 N–H and O–H groups in total. The van der Waals surface area contributed by atoms with Gasteiger partial charge in [-0.2, -0.15) is 0 Å². The van der Waals surface area contributed by atoms with Gasteiger partial charge in [0.15, 0.2) is 5.96 Å². The molecule has 1 aromatic carbocycles. The van der Waals surface area contributed by atoms with Crippen molar-refractivity contribution in [3.63, 3.8) is 0 Å². The predicted octanol–water partition coefficient (Wildman–Crippen LogP) is 2.11. The normalized spacial score (nSPS) is 23.9. The summed E-state index contributed by atoms with van der Waals surface area (Å²) in [7, 11) is 1.88. The predicted molar refractivity (Wildman–Crippen MR) is 99.8 cm³/mol. The Hall–Kier alpha value is -2.08. The number of fused-ring (bicyclic) bond motifs is 1. The highest BCUT2D eigenvalue weighted by molar-refractivity contribution is 5.80. The fourth-order valence-electron chi connectivity index (χ4n) is 4.06. The molecule has 2 aliphatic heterocycles. The second kappa shape index (κ2) is 7.04. The molecule has 0 aliphatic carbocycles. The van der Waals surface area contributed by atoms with Crippen molar-refractivity contribution in [2.75, 3.05) is 39.9 Å². The van der Waals surface area contributed by atoms with Crippen molar-refractivity contribution < 1.29 is 4.74 Å². The number of hydrogen-bond acceptors (Lipinski definition) is 3. The first kappa shape index (κ1) is 16.4. The van der Waals surface area contributed by atoms with Crippen molar-refractivity contribution in [2.45, 2.75) is 25.8 Å². The summed E-state index contributed by atoms with van der Waals surface area (Å²) in [5.74, 6) is 1.03. The molecule has 2 aromatic rings. The minimum Gasteiger partial charge on any atom is -0.381 e. The second-order valence-corrected chi connectivity index (χ2v) is 7.23. The monoisotopic (exact) mass is 341 g/mol. The van der Waals surface area contributed by atoms with E-state index >= 15 is 0 Å². The number of hydrogen-bond donors (Lipinski definition) is 1. The number of aliphatic imine (C=N–C) groups is 1. The maximum Gasteiger partial charge on any atom is 0.193 e. The summed E-state index contributed by atoms with van der Waals surface area (Å²) in [5, 5.41) is 3.53. The van der Waals surface area contributed by atoms with Gasteiger partial charge in [0, 0.05) is 45.2 Å². The van der Waals surface area contributed by atoms with Gasteiger partial charge < -0.3 is 19.5 Å². The van der Waals surface area contributed by atoms with E-state index in [1.165, 1.54) is 18.4 Å². The molecule has 0 radical (unpaired) electrons. The fraction of sp³-hybridized carbons (Fsp3) is 0.579. The SMILES string of the molecule is CN=C(NCCCn1cnc2ccccc21)N1CCC2(CCOC2)C1. The van der Waals surface area contributed by atoms with Gasteiger partial charge in [-0.15, -0.1) is 0 Å². The Bertz CT molecular complexity index is 747. The third-order valence-corrected chi connectivity index (χ3v) is 5.52. The summed E-state index contributed by atoms with van der Waals surface area (Å²) in [5.41, 5.74) is 2.63. The molecule has 1 atom stereocenters. The summed E-state index contributed by atoms with van der Waals surface area (Å²) in [6.07, 6.45) is 5.38. The first-order valence-electron chi connectivity index (χ1n) is 9.23. The maximum absolute atomic E-state index is 5.62. The molecule has 3 heterocycles. The molecule has 25 heavy (non-hydrogen) atoms. The Labute approximate surface area is 148 Å². The van der Waals surface area contributed by atoms with Gasteiger partial charge in [-0.25, -0.2) is 4.98 Å². The minimum atomic E-state index is 0.368. The van der Waals surface area contributed by atoms with Crippen molar-refractivity contribution in [1.29, 1.82) is 0 Å². The lowest BCUT2D eigenvalue weighted by molar-refractivity contribution is 0.156. The van der Waals surface area contributed by atoms with Crippen molar-refractivity contribution >= 4 is 17.0 Å². The number of guanidine groups is 1. The molecule has 134 valence electrons. The number of likely N-dealkylation sites (tertiary alicyclic amines) is 1. The van der Waals surface area contributed by atoms with E-state index in [-0.39, 0.29) is 0 Å². The maximum atomic E-state index is 5.62. The number of benzene rings is 1. The Kier molecular flexibility index (Phi) is 4.61. The number of rotatable bonds is 4. The lowest BCUT2D eigenvalue weighted by Crippen LogP contribution is -2.41. The lowest BCUT2D eigenvalue weighted by atomic mass is 9.87. The van der Waals surface area contributed by atoms with E-state index in [0.29, 0.717) is 5.41 Å². The van der Waals surface area contributed by atoms with Crippen LogP contribution in [-0.4, -0.2) is 60.3 Å². The van der Waals surface area contributed by atoms with Crippen LogP contribution in [0.1, 0.15) is 19.3 Å². The highest BCUT2D eigenvalue weighted by Gasteiger charge is 2.42. The fourth-order valence-corrected chi connectivity index (χ4v) is 4.06. The number of para-hydroxylation sites is 2. The summed E-state index contributed by atoms with van der Waals surface area (Å²) in [6, 6.07) is 8.28. The topological polar surface area (TPSA) is 54.7 Å². The van der Waals surface area contributed by atoms with Gasteiger partial charge in [0.25, 0.3) is 0 Å². The van der Waals surface area contributed by atoms with Crippen LogP contribution in [0, 0.1) is 5.41 Å². The van der Waals surface area contributed by atoms with Crippen LogP contribution >= 0.6 is 0 Å². The van der Waals surface area contributed by atoms with Crippen molar-refractivity contribution in [3.8, 4) is 0 Å². The molecular formula is C19H27N5O. The van der Waals surface area contributed by atoms with Crippen molar-refractivity contribution in [3.05, 3.63) is 30.6 Å². The molecule has 6 heteroatoms. The van der Waals surface area contributed by atoms with E-state index in [4.69, 9.17) is 4.74 Å². The van der Waals surface area contributed by atoms with E-state index < -0.39 is 0 Å². The molecule has 1 unspecified atom stereocenters. The molecule has 2 saturated heterocycles. The summed E-state index contributed by atoms with van der Waals surface area (Å²) in [6.45, 7) is 5.85. The molecule has 2 fully saturated rings. The molecule has 2 aliphatic rings. The van der Waals surface area contributed by atoms with Crippen LogP contribution in [0.25, 0.3) is 11.0 Å². The number of nitrogens with one attached hydrogen (secondary N) is 1. The largest absolute Gasteiger partial charge is 0.381 e. The first-order valence-corrected chi connectivity index (χ1v) is 9.23. The Morgan fingerprint density at radius 3 is 3.12 bits per heavy atom. The third kappa shape index (κ3) is 3.35. The highest BCUT2D eigenvalue weighted by atomic mass is 16.5. The summed E-state index contributed by atoms with van der Waals surface area (Å²) < 4.78 is 7.85. The zero-order chi connectivity index (χ0) is 17.1. The molecular weight excluding hydrogens is 314 g/mol. The quantitative estimate of drug-likeness (QED) is 0.526. The highest BCUT2D eigenvalue weighted by Crippen LogP contribution is 2.38. The van der Waals surface area contributed by atoms with Crippen LogP contribution in [0.5, 0.6) is 0 Å². The van der Waals surface area contributed by atoms with Crippen LogP contribution in [0.2, 0.25) is 0 Å². The molecule has 6 nitrogen and oxygen atoms in total. The smallest absolute Gasteiger partial charge is 0.193 e. The number of ether oxygens (including phenoxy) is 1. The van der Waals surface area contributed by atoms with Gasteiger partial charge in [0.1, 0.15) is 0 Å². The average molecular weight is 341 g/mol. The molecule has 0 saturated carbocycles. The van der Waals surface area contributed by atoms with Gasteiger partial charge in [-0.3, -0.25) is 4.99 Å². The van der Waals surface area contributed by atoms with Crippen LogP contribution < -0.4 is 5.32 Å². The van der Waals surface area contributed by atoms with Gasteiger partial charge in [0.2, 0.25) is 0 Å². The van der Waals surface area contributed by atoms with Crippen LogP contribution in [0.3, 0.4) is 0 Å². The van der Waals surface area contributed by atoms with E-state index in [1.54, 1.807) is 0 Å².